The molecule has 0 saturated heterocycles. The number of carbonyl (C=O) groups is 2. The Kier molecular flexibility index (Phi) is 7.59. The van der Waals surface area contributed by atoms with Gasteiger partial charge < -0.3 is 4.74 Å². The Morgan fingerprint density at radius 2 is 1.93 bits per heavy atom. The molecule has 8 heteroatoms. The Labute approximate surface area is 184 Å². The molecule has 156 valence electrons. The van der Waals surface area contributed by atoms with Crippen molar-refractivity contribution in [3.63, 3.8) is 0 Å². The predicted octanol–water partition coefficient (Wildman–Crippen LogP) is 4.63. The van der Waals surface area contributed by atoms with E-state index in [1.165, 1.54) is 23.1 Å². The van der Waals surface area contributed by atoms with Crippen molar-refractivity contribution in [1.29, 1.82) is 0 Å². The van der Waals surface area contributed by atoms with E-state index in [0.29, 0.717) is 28.7 Å². The number of benzene rings is 1. The van der Waals surface area contributed by atoms with Crippen molar-refractivity contribution in [3.8, 4) is 0 Å². The fourth-order valence-corrected chi connectivity index (χ4v) is 4.38. The minimum Gasteiger partial charge on any atom is -0.461 e. The molecule has 0 aliphatic carbocycles. The number of carbonyl (C=O) groups excluding carboxylic acids is 2. The van der Waals surface area contributed by atoms with Gasteiger partial charge in [-0.2, -0.15) is 0 Å². The van der Waals surface area contributed by atoms with Gasteiger partial charge >= 0.3 is 5.97 Å². The van der Waals surface area contributed by atoms with Crippen LogP contribution in [0.3, 0.4) is 0 Å². The van der Waals surface area contributed by atoms with Crippen LogP contribution < -0.4 is 4.90 Å². The van der Waals surface area contributed by atoms with Crippen molar-refractivity contribution in [3.05, 3.63) is 70.4 Å². The van der Waals surface area contributed by atoms with Gasteiger partial charge in [0, 0.05) is 17.6 Å². The molecule has 0 N–H and O–H groups in total. The van der Waals surface area contributed by atoms with Crippen LogP contribution in [0.5, 0.6) is 0 Å². The van der Waals surface area contributed by atoms with Gasteiger partial charge in [0.1, 0.15) is 5.03 Å². The van der Waals surface area contributed by atoms with Crippen molar-refractivity contribution < 1.29 is 14.3 Å². The monoisotopic (exact) mass is 441 g/mol. The van der Waals surface area contributed by atoms with Gasteiger partial charge in [-0.3, -0.25) is 9.69 Å². The van der Waals surface area contributed by atoms with Crippen LogP contribution in [0.15, 0.2) is 53.7 Å². The van der Waals surface area contributed by atoms with Crippen LogP contribution in [0.2, 0.25) is 0 Å². The van der Waals surface area contributed by atoms with Gasteiger partial charge in [0.05, 0.1) is 12.2 Å². The average molecular weight is 442 g/mol. The summed E-state index contributed by atoms with van der Waals surface area (Å²) in [7, 11) is 0. The molecule has 0 spiro atoms. The van der Waals surface area contributed by atoms with Crippen molar-refractivity contribution in [1.82, 2.24) is 9.97 Å². The maximum atomic E-state index is 13.5. The third kappa shape index (κ3) is 5.06. The highest BCUT2D eigenvalue weighted by Gasteiger charge is 2.26. The number of anilines is 1. The summed E-state index contributed by atoms with van der Waals surface area (Å²) in [5.41, 5.74) is 1.89. The predicted molar refractivity (Wildman–Crippen MR) is 121 cm³/mol. The molecular weight excluding hydrogens is 418 g/mol. The van der Waals surface area contributed by atoms with Crippen LogP contribution in [0, 0.1) is 6.92 Å². The number of aryl methyl sites for hydroxylation is 1. The highest BCUT2D eigenvalue weighted by molar-refractivity contribution is 7.98. The van der Waals surface area contributed by atoms with E-state index in [2.05, 4.69) is 9.97 Å². The normalized spacial score (nSPS) is 10.6. The van der Waals surface area contributed by atoms with Crippen molar-refractivity contribution in [2.24, 2.45) is 0 Å². The standard InChI is InChI=1S/C22H23N3O3S2/c1-4-28-21(27)18-15(2)30-22(24-18)25(14-12-16-9-6-5-7-10-16)20(26)17-11-8-13-23-19(17)29-3/h5-11,13H,4,12,14H2,1-3H3. The number of hydrogen-bond donors (Lipinski definition) is 0. The molecule has 30 heavy (non-hydrogen) atoms. The Bertz CT molecular complexity index is 1020. The summed E-state index contributed by atoms with van der Waals surface area (Å²) in [5.74, 6) is -0.660. The largest absolute Gasteiger partial charge is 0.461 e. The van der Waals surface area contributed by atoms with E-state index in [4.69, 9.17) is 4.74 Å². The summed E-state index contributed by atoms with van der Waals surface area (Å²) in [6.07, 6.45) is 4.22. The highest BCUT2D eigenvalue weighted by atomic mass is 32.2. The lowest BCUT2D eigenvalue weighted by Crippen LogP contribution is -2.33. The molecule has 3 aromatic rings. The third-order valence-corrected chi connectivity index (χ3v) is 6.10. The van der Waals surface area contributed by atoms with Crippen molar-refractivity contribution in [2.45, 2.75) is 25.3 Å². The first-order valence-electron chi connectivity index (χ1n) is 9.54. The fraction of sp³-hybridized carbons (Fsp3) is 0.273. The topological polar surface area (TPSA) is 72.4 Å². The molecule has 1 amide bonds. The molecule has 0 aliphatic rings. The number of nitrogens with zero attached hydrogens (tertiary/aromatic N) is 3. The molecular formula is C22H23N3O3S2. The minimum absolute atomic E-state index is 0.187. The zero-order valence-corrected chi connectivity index (χ0v) is 18.8. The second-order valence-electron chi connectivity index (χ2n) is 6.37. The molecule has 2 aromatic heterocycles. The number of esters is 1. The number of thioether (sulfide) groups is 1. The first-order valence-corrected chi connectivity index (χ1v) is 11.6. The zero-order valence-electron chi connectivity index (χ0n) is 17.1. The Hall–Kier alpha value is -2.71. The van der Waals surface area contributed by atoms with E-state index in [1.54, 1.807) is 30.2 Å². The zero-order chi connectivity index (χ0) is 21.5. The average Bonchev–Trinajstić information content (AvgIpc) is 3.16. The third-order valence-electron chi connectivity index (χ3n) is 4.39. The lowest BCUT2D eigenvalue weighted by molar-refractivity contribution is 0.0519. The Balaban J connectivity index is 1.96. The van der Waals surface area contributed by atoms with Gasteiger partial charge in [-0.05, 0) is 44.2 Å². The van der Waals surface area contributed by atoms with Gasteiger partial charge in [0.25, 0.3) is 5.91 Å². The second kappa shape index (κ2) is 10.4. The number of thiazole rings is 1. The summed E-state index contributed by atoms with van der Waals surface area (Å²) in [5, 5.41) is 1.14. The smallest absolute Gasteiger partial charge is 0.358 e. The molecule has 6 nitrogen and oxygen atoms in total. The SMILES string of the molecule is CCOC(=O)c1nc(N(CCc2ccccc2)C(=O)c2cccnc2SC)sc1C. The van der Waals surface area contributed by atoms with Gasteiger partial charge in [-0.15, -0.1) is 23.1 Å². The first kappa shape index (κ1) is 22.0. The van der Waals surface area contributed by atoms with Crippen LogP contribution in [0.1, 0.15) is 38.2 Å². The number of hydrogen-bond acceptors (Lipinski definition) is 7. The molecule has 0 bridgehead atoms. The molecule has 1 aromatic carbocycles. The molecule has 0 aliphatic heterocycles. The summed E-state index contributed by atoms with van der Waals surface area (Å²) >= 11 is 2.74. The maximum absolute atomic E-state index is 13.5. The summed E-state index contributed by atoms with van der Waals surface area (Å²) in [6.45, 7) is 4.27. The summed E-state index contributed by atoms with van der Waals surface area (Å²) in [4.78, 5) is 36.8. The van der Waals surface area contributed by atoms with Gasteiger partial charge in [0.15, 0.2) is 10.8 Å². The van der Waals surface area contributed by atoms with E-state index in [0.717, 1.165) is 10.4 Å². The molecule has 3 rings (SSSR count). The fourth-order valence-electron chi connectivity index (χ4n) is 2.92. The highest BCUT2D eigenvalue weighted by Crippen LogP contribution is 2.29. The van der Waals surface area contributed by atoms with Crippen LogP contribution in [-0.2, 0) is 11.2 Å². The molecule has 0 atom stereocenters. The van der Waals surface area contributed by atoms with E-state index in [1.807, 2.05) is 43.5 Å². The number of rotatable bonds is 8. The van der Waals surface area contributed by atoms with Crippen LogP contribution in [0.25, 0.3) is 0 Å². The van der Waals surface area contributed by atoms with Crippen LogP contribution in [0.4, 0.5) is 5.13 Å². The van der Waals surface area contributed by atoms with E-state index < -0.39 is 5.97 Å². The van der Waals surface area contributed by atoms with Crippen LogP contribution >= 0.6 is 23.1 Å². The molecule has 0 radical (unpaired) electrons. The first-order chi connectivity index (χ1) is 14.5. The maximum Gasteiger partial charge on any atom is 0.358 e. The van der Waals surface area contributed by atoms with E-state index in [-0.39, 0.29) is 18.2 Å². The lowest BCUT2D eigenvalue weighted by atomic mass is 10.1. The molecule has 2 heterocycles. The molecule has 0 saturated carbocycles. The minimum atomic E-state index is -0.473. The summed E-state index contributed by atoms with van der Waals surface area (Å²) in [6, 6.07) is 13.5. The Morgan fingerprint density at radius 3 is 2.63 bits per heavy atom. The summed E-state index contributed by atoms with van der Waals surface area (Å²) < 4.78 is 5.10. The number of aromatic nitrogens is 2. The van der Waals surface area contributed by atoms with Crippen molar-refractivity contribution >= 4 is 40.1 Å². The van der Waals surface area contributed by atoms with Gasteiger partial charge in [-0.25, -0.2) is 14.8 Å². The molecule has 0 unspecified atom stereocenters. The Morgan fingerprint density at radius 1 is 1.17 bits per heavy atom. The van der Waals surface area contributed by atoms with Gasteiger partial charge in [0.2, 0.25) is 0 Å². The van der Waals surface area contributed by atoms with E-state index in [9.17, 15) is 9.59 Å². The number of amides is 1. The van der Waals surface area contributed by atoms with Crippen molar-refractivity contribution in [2.75, 3.05) is 24.3 Å². The number of pyridine rings is 1. The van der Waals surface area contributed by atoms with Crippen LogP contribution in [-0.4, -0.2) is 41.3 Å². The van der Waals surface area contributed by atoms with E-state index >= 15 is 0 Å². The lowest BCUT2D eigenvalue weighted by Gasteiger charge is -2.21. The molecule has 0 fully saturated rings. The number of ether oxygens (including phenoxy) is 1. The quantitative estimate of drug-likeness (QED) is 0.375. The second-order valence-corrected chi connectivity index (χ2v) is 8.35. The van der Waals surface area contributed by atoms with Gasteiger partial charge in [-0.1, -0.05) is 30.3 Å².